The van der Waals surface area contributed by atoms with Crippen molar-refractivity contribution in [3.8, 4) is 23.5 Å². The molecule has 4 aromatic rings. The van der Waals surface area contributed by atoms with E-state index in [0.29, 0.717) is 21.6 Å². The second-order valence-corrected chi connectivity index (χ2v) is 15.9. The average molecular weight is 881 g/mol. The minimum Gasteiger partial charge on any atom is -0.463 e. The van der Waals surface area contributed by atoms with E-state index in [-0.39, 0.29) is 54.0 Å². The molecule has 0 aliphatic carbocycles. The Morgan fingerprint density at radius 2 is 1.47 bits per heavy atom. The maximum absolute atomic E-state index is 13.8. The van der Waals surface area contributed by atoms with Gasteiger partial charge in [0.1, 0.15) is 11.2 Å². The summed E-state index contributed by atoms with van der Waals surface area (Å²) in [6.07, 6.45) is 5.61. The van der Waals surface area contributed by atoms with Gasteiger partial charge in [0.25, 0.3) is 11.2 Å². The van der Waals surface area contributed by atoms with Gasteiger partial charge in [-0.1, -0.05) is 44.0 Å². The molecule has 0 aliphatic heterocycles. The summed E-state index contributed by atoms with van der Waals surface area (Å²) >= 11 is 6.38. The maximum Gasteiger partial charge on any atom is 0.425 e. The van der Waals surface area contributed by atoms with E-state index in [1.807, 2.05) is 13.8 Å². The van der Waals surface area contributed by atoms with Gasteiger partial charge in [-0.15, -0.1) is 6.42 Å². The van der Waals surface area contributed by atoms with E-state index in [4.69, 9.17) is 46.4 Å². The van der Waals surface area contributed by atoms with Crippen LogP contribution in [0.4, 0.5) is 15.4 Å². The van der Waals surface area contributed by atoms with Gasteiger partial charge >= 0.3 is 24.1 Å². The van der Waals surface area contributed by atoms with Crippen LogP contribution in [0.25, 0.3) is 22.3 Å². The van der Waals surface area contributed by atoms with Gasteiger partial charge in [0, 0.05) is 38.9 Å². The zero-order valence-electron chi connectivity index (χ0n) is 37.4. The van der Waals surface area contributed by atoms with Crippen molar-refractivity contribution in [2.45, 2.75) is 105 Å². The Bertz CT molecular complexity index is 2240. The van der Waals surface area contributed by atoms with Gasteiger partial charge in [0.2, 0.25) is 5.28 Å². The molecule has 4 rings (SSSR count). The molecule has 336 valence electrons. The Hall–Kier alpha value is -5.83. The summed E-state index contributed by atoms with van der Waals surface area (Å²) in [5.41, 5.74) is -2.84. The quantitative estimate of drug-likeness (QED) is 0.0392. The minimum absolute atomic E-state index is 0.0145. The normalized spacial score (nSPS) is 12.6. The van der Waals surface area contributed by atoms with Gasteiger partial charge in [-0.2, -0.15) is 14.9 Å². The lowest BCUT2D eigenvalue weighted by Gasteiger charge is -2.32. The van der Waals surface area contributed by atoms with Gasteiger partial charge in [0.15, 0.2) is 17.0 Å². The third-order valence-corrected chi connectivity index (χ3v) is 8.86. The Balaban J connectivity index is 0.00000504. The van der Waals surface area contributed by atoms with E-state index in [9.17, 15) is 24.0 Å². The standard InChI is InChI=1S/C42H51ClN6O11.C2H6/c1-12-27(23-48-25-44-31-32(48)45-37(43)46-33(31)49(38(53)59-40(4,5)6)39(54)60-41(7,8)9)30(55-11)24-58-42(35(51)56-13-2,36(52)57-14-3)22-26-17-19-28(20-18-26)29-16-15-21-47(10)34(29)50;1-2/h1,15-21,25,27,30H,13-14,22-24H2,2-11H3;1-2H3. The van der Waals surface area contributed by atoms with Crippen molar-refractivity contribution in [3.63, 3.8) is 0 Å². The van der Waals surface area contributed by atoms with E-state index >= 15 is 0 Å². The number of rotatable bonds is 15. The predicted molar refractivity (Wildman–Crippen MR) is 233 cm³/mol. The molecule has 3 aromatic heterocycles. The molecule has 0 N–H and O–H groups in total. The van der Waals surface area contributed by atoms with E-state index < -0.39 is 59.6 Å². The molecule has 0 spiro atoms. The van der Waals surface area contributed by atoms with Gasteiger partial charge in [0.05, 0.1) is 38.2 Å². The lowest BCUT2D eigenvalue weighted by Crippen LogP contribution is -2.54. The molecule has 1 aromatic carbocycles. The number of aryl methyl sites for hydroxylation is 1. The van der Waals surface area contributed by atoms with Gasteiger partial charge in [-0.05, 0) is 90.3 Å². The first-order valence-corrected chi connectivity index (χ1v) is 20.4. The number of esters is 2. The van der Waals surface area contributed by atoms with E-state index in [1.54, 1.807) is 105 Å². The molecule has 0 radical (unpaired) electrons. The first kappa shape index (κ1) is 50.5. The highest BCUT2D eigenvalue weighted by Crippen LogP contribution is 2.30. The van der Waals surface area contributed by atoms with Gasteiger partial charge < -0.3 is 37.6 Å². The molecular weight excluding hydrogens is 824 g/mol. The molecule has 0 saturated heterocycles. The number of methoxy groups -OCH3 is 1. The van der Waals surface area contributed by atoms with Crippen molar-refractivity contribution in [2.24, 2.45) is 13.0 Å². The lowest BCUT2D eigenvalue weighted by molar-refractivity contribution is -0.195. The fourth-order valence-corrected chi connectivity index (χ4v) is 6.08. The van der Waals surface area contributed by atoms with Crippen LogP contribution in [0.2, 0.25) is 5.28 Å². The van der Waals surface area contributed by atoms with E-state index in [1.165, 1.54) is 22.6 Å². The number of anilines is 1. The van der Waals surface area contributed by atoms with Crippen LogP contribution in [0, 0.1) is 18.3 Å². The topological polar surface area (TPSA) is 192 Å². The largest absolute Gasteiger partial charge is 0.463 e. The third-order valence-electron chi connectivity index (χ3n) is 8.69. The number of pyridine rings is 1. The Morgan fingerprint density at radius 1 is 0.903 bits per heavy atom. The number of halogens is 1. The van der Waals surface area contributed by atoms with Crippen molar-refractivity contribution in [3.05, 3.63) is 70.1 Å². The van der Waals surface area contributed by atoms with Crippen LogP contribution in [-0.4, -0.2) is 98.0 Å². The van der Waals surface area contributed by atoms with Crippen LogP contribution >= 0.6 is 11.6 Å². The van der Waals surface area contributed by atoms with Crippen molar-refractivity contribution in [1.29, 1.82) is 0 Å². The maximum atomic E-state index is 13.8. The predicted octanol–water partition coefficient (Wildman–Crippen LogP) is 6.94. The Kier molecular flexibility index (Phi) is 17.8. The third kappa shape index (κ3) is 12.6. The number of imide groups is 1. The van der Waals surface area contributed by atoms with Crippen LogP contribution in [0.15, 0.2) is 53.7 Å². The van der Waals surface area contributed by atoms with Crippen molar-refractivity contribution >= 4 is 52.7 Å². The summed E-state index contributed by atoms with van der Waals surface area (Å²) in [6.45, 7) is 16.4. The lowest BCUT2D eigenvalue weighted by atomic mass is 9.92. The minimum atomic E-state index is -2.30. The summed E-state index contributed by atoms with van der Waals surface area (Å²) in [6, 6.07) is 10.2. The highest BCUT2D eigenvalue weighted by atomic mass is 35.5. The molecule has 2 atom stereocenters. The Morgan fingerprint density at radius 3 is 1.97 bits per heavy atom. The smallest absolute Gasteiger partial charge is 0.425 e. The van der Waals surface area contributed by atoms with Crippen LogP contribution < -0.4 is 10.5 Å². The number of amides is 2. The number of carbonyl (C=O) groups is 4. The summed E-state index contributed by atoms with van der Waals surface area (Å²) in [4.78, 5) is 80.8. The molecule has 0 aliphatic rings. The first-order chi connectivity index (χ1) is 29.2. The second-order valence-electron chi connectivity index (χ2n) is 15.5. The zero-order valence-corrected chi connectivity index (χ0v) is 38.2. The number of aromatic nitrogens is 5. The highest BCUT2D eigenvalue weighted by molar-refractivity contribution is 6.29. The van der Waals surface area contributed by atoms with Crippen LogP contribution in [0.5, 0.6) is 0 Å². The first-order valence-electron chi connectivity index (χ1n) is 20.0. The number of terminal acetylenes is 1. The number of hydrogen-bond donors (Lipinski definition) is 0. The molecule has 2 amide bonds. The number of imidazole rings is 1. The molecule has 62 heavy (non-hydrogen) atoms. The number of hydrogen-bond acceptors (Lipinski definition) is 14. The number of carbonyl (C=O) groups excluding carboxylic acids is 4. The molecule has 0 saturated carbocycles. The van der Waals surface area contributed by atoms with Gasteiger partial charge in [-0.25, -0.2) is 24.2 Å². The fraction of sp³-hybridized carbons (Fsp3) is 0.500. The highest BCUT2D eigenvalue weighted by Gasteiger charge is 2.51. The van der Waals surface area contributed by atoms with Crippen molar-refractivity contribution < 1.29 is 47.6 Å². The summed E-state index contributed by atoms with van der Waals surface area (Å²) in [7, 11) is 3.03. The molecule has 18 heteroatoms. The van der Waals surface area contributed by atoms with Gasteiger partial charge in [-0.3, -0.25) is 4.79 Å². The second kappa shape index (κ2) is 21.8. The molecule has 0 fully saturated rings. The monoisotopic (exact) mass is 880 g/mol. The number of fused-ring (bicyclic) bond motifs is 1. The molecule has 0 bridgehead atoms. The fourth-order valence-electron chi connectivity index (χ4n) is 5.92. The van der Waals surface area contributed by atoms with Crippen molar-refractivity contribution in [2.75, 3.05) is 31.8 Å². The zero-order chi connectivity index (χ0) is 46.6. The summed E-state index contributed by atoms with van der Waals surface area (Å²) in [5.74, 6) is -0.450. The molecule has 3 heterocycles. The summed E-state index contributed by atoms with van der Waals surface area (Å²) < 4.78 is 36.8. The molecular formula is C44H57ClN6O11. The Labute approximate surface area is 367 Å². The summed E-state index contributed by atoms with van der Waals surface area (Å²) in [5, 5.41) is -0.340. The van der Waals surface area contributed by atoms with E-state index in [0.717, 1.165) is 0 Å². The SMILES string of the molecule is C#CC(Cn1cnc2c(N(C(=O)OC(C)(C)C)C(=O)OC(C)(C)C)nc(Cl)nc21)C(COC(Cc1ccc(-c2cccn(C)c2=O)cc1)(C(=O)OCC)C(=O)OCC)OC.CC. The van der Waals surface area contributed by atoms with Crippen LogP contribution in [0.1, 0.15) is 74.8 Å². The van der Waals surface area contributed by atoms with Crippen molar-refractivity contribution in [1.82, 2.24) is 24.1 Å². The molecule has 2 unspecified atom stereocenters. The number of ether oxygens (including phenoxy) is 6. The number of nitrogens with zero attached hydrogens (tertiary/aromatic N) is 6. The number of benzene rings is 1. The van der Waals surface area contributed by atoms with Crippen LogP contribution in [-0.2, 0) is 58.0 Å². The van der Waals surface area contributed by atoms with E-state index in [2.05, 4.69) is 20.9 Å². The molecule has 17 nitrogen and oxygen atoms in total. The van der Waals surface area contributed by atoms with Crippen LogP contribution in [0.3, 0.4) is 0 Å². The average Bonchev–Trinajstić information content (AvgIpc) is 3.60.